The lowest BCUT2D eigenvalue weighted by atomic mass is 9.79. The molecule has 1 heterocycles. The summed E-state index contributed by atoms with van der Waals surface area (Å²) in [7, 11) is -1.97. The Bertz CT molecular complexity index is 593. The van der Waals surface area contributed by atoms with Crippen molar-refractivity contribution in [3.63, 3.8) is 0 Å². The Morgan fingerprint density at radius 2 is 2.05 bits per heavy atom. The number of benzene rings is 1. The highest BCUT2D eigenvalue weighted by molar-refractivity contribution is 6.58. The van der Waals surface area contributed by atoms with Gasteiger partial charge in [0.05, 0.1) is 17.4 Å². The van der Waals surface area contributed by atoms with Crippen molar-refractivity contribution < 1.29 is 19.2 Å². The number of rotatable bonds is 3. The predicted octanol–water partition coefficient (Wildman–Crippen LogP) is 0.153. The van der Waals surface area contributed by atoms with Crippen LogP contribution in [0.5, 0.6) is 0 Å². The molecule has 96 valence electrons. The van der Waals surface area contributed by atoms with Crippen LogP contribution < -0.4 is 10.8 Å². The third-order valence-electron chi connectivity index (χ3n) is 2.47. The molecule has 19 heavy (non-hydrogen) atoms. The minimum atomic E-state index is -1.97. The first-order valence-corrected chi connectivity index (χ1v) is 5.45. The summed E-state index contributed by atoms with van der Waals surface area (Å²) in [5.41, 5.74) is -0.199. The van der Waals surface area contributed by atoms with E-state index in [2.05, 4.69) is 10.3 Å². The van der Waals surface area contributed by atoms with E-state index in [4.69, 9.17) is 10.0 Å². The summed E-state index contributed by atoms with van der Waals surface area (Å²) in [4.78, 5) is 15.7. The van der Waals surface area contributed by atoms with Gasteiger partial charge in [0.15, 0.2) is 0 Å². The van der Waals surface area contributed by atoms with Gasteiger partial charge in [-0.25, -0.2) is 4.39 Å². The zero-order valence-electron chi connectivity index (χ0n) is 9.75. The molecule has 1 aromatic carbocycles. The van der Waals surface area contributed by atoms with E-state index >= 15 is 0 Å². The fourth-order valence-corrected chi connectivity index (χ4v) is 1.56. The standard InChI is InChI=1S/C12H10BFN2O3/c14-11-9(4-1-5-10(11)13(18)19)12(17)16-8-3-2-6-15-7-8/h1-7,18-19H,(H,16,17). The second-order valence-corrected chi connectivity index (χ2v) is 3.78. The van der Waals surface area contributed by atoms with Crippen LogP contribution in [-0.4, -0.2) is 28.1 Å². The van der Waals surface area contributed by atoms with Crippen LogP contribution in [-0.2, 0) is 0 Å². The Morgan fingerprint density at radius 3 is 2.68 bits per heavy atom. The summed E-state index contributed by atoms with van der Waals surface area (Å²) < 4.78 is 13.9. The second-order valence-electron chi connectivity index (χ2n) is 3.78. The molecule has 0 saturated heterocycles. The molecule has 0 aliphatic carbocycles. The van der Waals surface area contributed by atoms with Gasteiger partial charge in [-0.2, -0.15) is 0 Å². The summed E-state index contributed by atoms with van der Waals surface area (Å²) in [6.45, 7) is 0. The van der Waals surface area contributed by atoms with Gasteiger partial charge in [-0.05, 0) is 18.2 Å². The first-order chi connectivity index (χ1) is 9.09. The molecule has 0 aliphatic rings. The zero-order valence-corrected chi connectivity index (χ0v) is 9.75. The molecule has 0 saturated carbocycles. The first kappa shape index (κ1) is 13.2. The second kappa shape index (κ2) is 5.60. The topological polar surface area (TPSA) is 82.5 Å². The van der Waals surface area contributed by atoms with Gasteiger partial charge in [-0.1, -0.05) is 12.1 Å². The van der Waals surface area contributed by atoms with Crippen LogP contribution in [0.4, 0.5) is 10.1 Å². The molecular weight excluding hydrogens is 250 g/mol. The summed E-state index contributed by atoms with van der Waals surface area (Å²) >= 11 is 0. The van der Waals surface area contributed by atoms with Crippen molar-refractivity contribution in [3.8, 4) is 0 Å². The number of hydrogen-bond acceptors (Lipinski definition) is 4. The lowest BCUT2D eigenvalue weighted by Crippen LogP contribution is -2.34. The van der Waals surface area contributed by atoms with E-state index in [0.717, 1.165) is 0 Å². The Balaban J connectivity index is 2.27. The highest BCUT2D eigenvalue weighted by Gasteiger charge is 2.21. The lowest BCUT2D eigenvalue weighted by molar-refractivity contribution is 0.102. The molecule has 2 rings (SSSR count). The van der Waals surface area contributed by atoms with E-state index in [0.29, 0.717) is 5.69 Å². The maximum Gasteiger partial charge on any atom is 0.491 e. The summed E-state index contributed by atoms with van der Waals surface area (Å²) in [5.74, 6) is -1.65. The SMILES string of the molecule is O=C(Nc1cccnc1)c1cccc(B(O)O)c1F. The molecule has 3 N–H and O–H groups in total. The van der Waals surface area contributed by atoms with Crippen molar-refractivity contribution in [1.29, 1.82) is 0 Å². The summed E-state index contributed by atoms with van der Waals surface area (Å²) in [6, 6.07) is 7.05. The molecular formula is C12H10BFN2O3. The quantitative estimate of drug-likeness (QED) is 0.686. The van der Waals surface area contributed by atoms with Gasteiger partial charge in [0.25, 0.3) is 5.91 Å². The number of carbonyl (C=O) groups is 1. The normalized spacial score (nSPS) is 10.1. The van der Waals surface area contributed by atoms with E-state index < -0.39 is 18.8 Å². The minimum Gasteiger partial charge on any atom is -0.423 e. The third kappa shape index (κ3) is 2.96. The molecule has 0 bridgehead atoms. The van der Waals surface area contributed by atoms with Crippen LogP contribution in [0, 0.1) is 5.82 Å². The van der Waals surface area contributed by atoms with Gasteiger partial charge < -0.3 is 15.4 Å². The minimum absolute atomic E-state index is 0.269. The molecule has 0 spiro atoms. The van der Waals surface area contributed by atoms with Crippen molar-refractivity contribution >= 4 is 24.2 Å². The number of carbonyl (C=O) groups excluding carboxylic acids is 1. The van der Waals surface area contributed by atoms with Gasteiger partial charge in [-0.3, -0.25) is 9.78 Å². The molecule has 0 atom stereocenters. The Labute approximate surface area is 108 Å². The largest absolute Gasteiger partial charge is 0.491 e. The maximum atomic E-state index is 13.9. The number of hydrogen-bond donors (Lipinski definition) is 3. The van der Waals surface area contributed by atoms with Crippen LogP contribution >= 0.6 is 0 Å². The maximum absolute atomic E-state index is 13.9. The Morgan fingerprint density at radius 1 is 1.26 bits per heavy atom. The lowest BCUT2D eigenvalue weighted by Gasteiger charge is -2.08. The molecule has 1 aromatic heterocycles. The van der Waals surface area contributed by atoms with E-state index in [1.807, 2.05) is 0 Å². The van der Waals surface area contributed by atoms with Crippen molar-refractivity contribution in [2.24, 2.45) is 0 Å². The smallest absolute Gasteiger partial charge is 0.423 e. The summed E-state index contributed by atoms with van der Waals surface area (Å²) in [5, 5.41) is 20.4. The Hall–Kier alpha value is -2.25. The number of amides is 1. The monoisotopic (exact) mass is 260 g/mol. The average Bonchev–Trinajstić information content (AvgIpc) is 2.39. The first-order valence-electron chi connectivity index (χ1n) is 5.45. The van der Waals surface area contributed by atoms with Gasteiger partial charge in [0.1, 0.15) is 5.82 Å². The fraction of sp³-hybridized carbons (Fsp3) is 0. The van der Waals surface area contributed by atoms with Gasteiger partial charge in [0, 0.05) is 11.7 Å². The van der Waals surface area contributed by atoms with Crippen molar-refractivity contribution in [3.05, 3.63) is 54.1 Å². The number of halogens is 1. The molecule has 1 amide bonds. The molecule has 0 fully saturated rings. The van der Waals surface area contributed by atoms with Crippen LogP contribution in [0.2, 0.25) is 0 Å². The average molecular weight is 260 g/mol. The van der Waals surface area contributed by atoms with Crippen LogP contribution in [0.15, 0.2) is 42.7 Å². The van der Waals surface area contributed by atoms with Crippen LogP contribution in [0.3, 0.4) is 0 Å². The van der Waals surface area contributed by atoms with Crippen LogP contribution in [0.1, 0.15) is 10.4 Å². The molecule has 2 aromatic rings. The molecule has 0 radical (unpaired) electrons. The van der Waals surface area contributed by atoms with E-state index in [1.54, 1.807) is 18.3 Å². The molecule has 0 unspecified atom stereocenters. The summed E-state index contributed by atoms with van der Waals surface area (Å²) in [6.07, 6.45) is 2.96. The molecule has 0 aliphatic heterocycles. The number of pyridine rings is 1. The highest BCUT2D eigenvalue weighted by atomic mass is 19.1. The van der Waals surface area contributed by atoms with Crippen molar-refractivity contribution in [2.45, 2.75) is 0 Å². The van der Waals surface area contributed by atoms with E-state index in [1.165, 1.54) is 24.4 Å². The third-order valence-corrected chi connectivity index (χ3v) is 2.47. The van der Waals surface area contributed by atoms with Gasteiger partial charge in [0.2, 0.25) is 0 Å². The zero-order chi connectivity index (χ0) is 13.8. The van der Waals surface area contributed by atoms with E-state index in [-0.39, 0.29) is 11.0 Å². The van der Waals surface area contributed by atoms with Crippen LogP contribution in [0.25, 0.3) is 0 Å². The molecule has 7 heteroatoms. The predicted molar refractivity (Wildman–Crippen MR) is 68.4 cm³/mol. The Kier molecular flexibility index (Phi) is 3.89. The van der Waals surface area contributed by atoms with E-state index in [9.17, 15) is 9.18 Å². The number of nitrogens with zero attached hydrogens (tertiary/aromatic N) is 1. The van der Waals surface area contributed by atoms with Crippen molar-refractivity contribution in [2.75, 3.05) is 5.32 Å². The highest BCUT2D eigenvalue weighted by Crippen LogP contribution is 2.10. The number of aromatic nitrogens is 1. The number of nitrogens with one attached hydrogen (secondary N) is 1. The van der Waals surface area contributed by atoms with Gasteiger partial charge in [-0.15, -0.1) is 0 Å². The van der Waals surface area contributed by atoms with Gasteiger partial charge >= 0.3 is 7.12 Å². The number of anilines is 1. The molecule has 5 nitrogen and oxygen atoms in total. The van der Waals surface area contributed by atoms with Crippen molar-refractivity contribution in [1.82, 2.24) is 4.98 Å². The fourth-order valence-electron chi connectivity index (χ4n) is 1.56.